The van der Waals surface area contributed by atoms with Gasteiger partial charge >= 0.3 is 11.8 Å². The van der Waals surface area contributed by atoms with Gasteiger partial charge in [0, 0.05) is 18.9 Å². The van der Waals surface area contributed by atoms with Crippen molar-refractivity contribution in [1.29, 1.82) is 5.26 Å². The Labute approximate surface area is 256 Å². The number of nitrogens with zero attached hydrogens (tertiary/aromatic N) is 3. The standard InChI is InChI=1S/C33H40N4O7/c1-5-13-41-14-12-36-26-16-23(10-11-29(26)43-31(36)39)22-8-6-21(7-9-22)15-25(18-34)35-30(38)27-17-24-19-42-20-28(24)37(27)32(40)44-33(2,3)4/h6-11,16,24-25,27-28H,5,12-15,17,19-20H2,1-4H3,(H,35,38)/t24-,25+,27+,28+/m1/s1. The van der Waals surface area contributed by atoms with Gasteiger partial charge in [-0.1, -0.05) is 37.3 Å². The molecule has 4 atom stereocenters. The average Bonchev–Trinajstić information content (AvgIpc) is 3.67. The van der Waals surface area contributed by atoms with E-state index in [0.29, 0.717) is 56.9 Å². The van der Waals surface area contributed by atoms with Crippen molar-refractivity contribution in [3.8, 4) is 17.2 Å². The Morgan fingerprint density at radius 3 is 2.57 bits per heavy atom. The molecule has 0 radical (unpaired) electrons. The van der Waals surface area contributed by atoms with Crippen molar-refractivity contribution >= 4 is 23.1 Å². The van der Waals surface area contributed by atoms with E-state index in [0.717, 1.165) is 23.1 Å². The van der Waals surface area contributed by atoms with Gasteiger partial charge in [0.2, 0.25) is 5.91 Å². The summed E-state index contributed by atoms with van der Waals surface area (Å²) in [4.78, 5) is 40.3. The van der Waals surface area contributed by atoms with Crippen LogP contribution in [0.5, 0.6) is 0 Å². The fraction of sp³-hybridized carbons (Fsp3) is 0.515. The van der Waals surface area contributed by atoms with E-state index in [1.165, 1.54) is 4.90 Å². The van der Waals surface area contributed by atoms with E-state index in [9.17, 15) is 19.6 Å². The number of carbonyl (C=O) groups is 2. The second-order valence-corrected chi connectivity index (χ2v) is 12.4. The Kier molecular flexibility index (Phi) is 9.42. The first-order chi connectivity index (χ1) is 21.1. The summed E-state index contributed by atoms with van der Waals surface area (Å²) in [6.45, 7) is 9.71. The predicted octanol–water partition coefficient (Wildman–Crippen LogP) is 4.26. The summed E-state index contributed by atoms with van der Waals surface area (Å²) in [5.41, 5.74) is 3.23. The molecule has 2 aromatic carbocycles. The number of nitriles is 1. The first-order valence-corrected chi connectivity index (χ1v) is 15.2. The maximum Gasteiger partial charge on any atom is 0.420 e. The monoisotopic (exact) mass is 604 g/mol. The van der Waals surface area contributed by atoms with Crippen LogP contribution in [0.15, 0.2) is 51.7 Å². The fourth-order valence-corrected chi connectivity index (χ4v) is 5.88. The number of likely N-dealkylation sites (tertiary alicyclic amines) is 1. The van der Waals surface area contributed by atoms with Gasteiger partial charge in [-0.15, -0.1) is 0 Å². The number of hydrogen-bond donors (Lipinski definition) is 1. The Balaban J connectivity index is 1.25. The largest absolute Gasteiger partial charge is 0.444 e. The van der Waals surface area contributed by atoms with Gasteiger partial charge in [-0.3, -0.25) is 14.3 Å². The molecular formula is C33H40N4O7. The molecule has 2 amide bonds. The zero-order valence-electron chi connectivity index (χ0n) is 25.7. The zero-order chi connectivity index (χ0) is 31.4. The van der Waals surface area contributed by atoms with Gasteiger partial charge < -0.3 is 23.9 Å². The molecule has 2 saturated heterocycles. The first-order valence-electron chi connectivity index (χ1n) is 15.2. The summed E-state index contributed by atoms with van der Waals surface area (Å²) >= 11 is 0. The lowest BCUT2D eigenvalue weighted by atomic mass is 10.00. The lowest BCUT2D eigenvalue weighted by molar-refractivity contribution is -0.126. The minimum atomic E-state index is -0.780. The molecule has 2 fully saturated rings. The lowest BCUT2D eigenvalue weighted by Crippen LogP contribution is -2.52. The number of fused-ring (bicyclic) bond motifs is 2. The molecule has 11 nitrogen and oxygen atoms in total. The molecule has 3 aromatic rings. The van der Waals surface area contributed by atoms with Crippen LogP contribution in [0.1, 0.15) is 46.1 Å². The maximum atomic E-state index is 13.4. The lowest BCUT2D eigenvalue weighted by Gasteiger charge is -2.31. The summed E-state index contributed by atoms with van der Waals surface area (Å²) in [7, 11) is 0. The number of rotatable bonds is 10. The molecule has 0 bridgehead atoms. The molecule has 0 saturated carbocycles. The molecule has 0 unspecified atom stereocenters. The number of carbonyl (C=O) groups excluding carboxylic acids is 2. The number of ether oxygens (including phenoxy) is 3. The minimum Gasteiger partial charge on any atom is -0.444 e. The third kappa shape index (κ3) is 6.98. The van der Waals surface area contributed by atoms with Gasteiger partial charge in [-0.2, -0.15) is 5.26 Å². The zero-order valence-corrected chi connectivity index (χ0v) is 25.7. The van der Waals surface area contributed by atoms with Crippen molar-refractivity contribution < 1.29 is 28.2 Å². The molecule has 2 aliphatic rings. The topological polar surface area (TPSA) is 136 Å². The van der Waals surface area contributed by atoms with Crippen LogP contribution in [-0.4, -0.2) is 71.6 Å². The molecule has 11 heteroatoms. The van der Waals surface area contributed by atoms with Gasteiger partial charge in [0.05, 0.1) is 44.0 Å². The Morgan fingerprint density at radius 2 is 1.86 bits per heavy atom. The number of nitrogens with one attached hydrogen (secondary N) is 1. The Morgan fingerprint density at radius 1 is 1.11 bits per heavy atom. The summed E-state index contributed by atoms with van der Waals surface area (Å²) in [6, 6.07) is 13.8. The number of hydrogen-bond acceptors (Lipinski definition) is 8. The van der Waals surface area contributed by atoms with Gasteiger partial charge in [0.25, 0.3) is 0 Å². The number of amides is 2. The summed E-state index contributed by atoms with van der Waals surface area (Å²) in [5.74, 6) is -0.731. The number of benzene rings is 2. The molecule has 2 aliphatic heterocycles. The predicted molar refractivity (Wildman–Crippen MR) is 163 cm³/mol. The Hall–Kier alpha value is -4.14. The van der Waals surface area contributed by atoms with E-state index in [4.69, 9.17) is 18.6 Å². The third-order valence-corrected chi connectivity index (χ3v) is 7.97. The molecule has 5 rings (SSSR count). The summed E-state index contributed by atoms with van der Waals surface area (Å²) in [5, 5.41) is 12.7. The highest BCUT2D eigenvalue weighted by molar-refractivity contribution is 5.87. The molecule has 3 heterocycles. The van der Waals surface area contributed by atoms with E-state index >= 15 is 0 Å². The van der Waals surface area contributed by atoms with E-state index in [2.05, 4.69) is 11.4 Å². The minimum absolute atomic E-state index is 0.0525. The van der Waals surface area contributed by atoms with E-state index < -0.39 is 29.5 Å². The van der Waals surface area contributed by atoms with Crippen LogP contribution in [0.3, 0.4) is 0 Å². The number of aromatic nitrogens is 1. The fourth-order valence-electron chi connectivity index (χ4n) is 5.88. The van der Waals surface area contributed by atoms with Crippen LogP contribution < -0.4 is 11.1 Å². The second-order valence-electron chi connectivity index (χ2n) is 12.4. The highest BCUT2D eigenvalue weighted by atomic mass is 16.6. The van der Waals surface area contributed by atoms with Crippen molar-refractivity contribution in [2.45, 2.75) is 77.2 Å². The summed E-state index contributed by atoms with van der Waals surface area (Å²) in [6.07, 6.45) is 1.13. The van der Waals surface area contributed by atoms with Crippen LogP contribution in [0, 0.1) is 17.2 Å². The number of oxazole rings is 1. The van der Waals surface area contributed by atoms with E-state index in [-0.39, 0.29) is 17.9 Å². The van der Waals surface area contributed by atoms with E-state index in [1.54, 1.807) is 31.4 Å². The quantitative estimate of drug-likeness (QED) is 0.339. The van der Waals surface area contributed by atoms with Gasteiger partial charge in [-0.25, -0.2) is 9.59 Å². The Bertz CT molecular complexity index is 1580. The highest BCUT2D eigenvalue weighted by Gasteiger charge is 2.51. The van der Waals surface area contributed by atoms with Crippen LogP contribution in [0.2, 0.25) is 0 Å². The van der Waals surface area contributed by atoms with Crippen LogP contribution in [-0.2, 0) is 32.0 Å². The normalized spacial score (nSPS) is 20.3. The molecule has 0 aliphatic carbocycles. The van der Waals surface area contributed by atoms with Crippen molar-refractivity contribution in [3.63, 3.8) is 0 Å². The van der Waals surface area contributed by atoms with Crippen molar-refractivity contribution in [3.05, 3.63) is 58.6 Å². The van der Waals surface area contributed by atoms with Crippen molar-refractivity contribution in [1.82, 2.24) is 14.8 Å². The first kappa shape index (κ1) is 31.3. The molecule has 1 aromatic heterocycles. The third-order valence-electron chi connectivity index (χ3n) is 7.97. The van der Waals surface area contributed by atoms with E-state index in [1.807, 2.05) is 43.3 Å². The second kappa shape index (κ2) is 13.2. The van der Waals surface area contributed by atoms with Gasteiger partial charge in [0.15, 0.2) is 5.58 Å². The SMILES string of the molecule is CCCOCCn1c(=O)oc2ccc(-c3ccc(C[C@@H](C#N)NC(=O)[C@@H]4C[C@@H]5COC[C@@H]5N4C(=O)OC(C)(C)C)cc3)cc21. The molecule has 1 N–H and O–H groups in total. The molecular weight excluding hydrogens is 564 g/mol. The smallest absolute Gasteiger partial charge is 0.420 e. The summed E-state index contributed by atoms with van der Waals surface area (Å²) < 4.78 is 23.7. The van der Waals surface area contributed by atoms with Crippen LogP contribution in [0.4, 0.5) is 4.79 Å². The van der Waals surface area contributed by atoms with Gasteiger partial charge in [-0.05, 0) is 62.4 Å². The molecule has 0 spiro atoms. The highest BCUT2D eigenvalue weighted by Crippen LogP contribution is 2.36. The van der Waals surface area contributed by atoms with Gasteiger partial charge in [0.1, 0.15) is 17.7 Å². The molecule has 234 valence electrons. The molecule has 44 heavy (non-hydrogen) atoms. The maximum absolute atomic E-state index is 13.4. The van der Waals surface area contributed by atoms with Crippen molar-refractivity contribution in [2.75, 3.05) is 26.4 Å². The van der Waals surface area contributed by atoms with Crippen LogP contribution >= 0.6 is 0 Å². The van der Waals surface area contributed by atoms with Crippen LogP contribution in [0.25, 0.3) is 22.2 Å². The average molecular weight is 605 g/mol. The van der Waals surface area contributed by atoms with Crippen molar-refractivity contribution in [2.24, 2.45) is 5.92 Å².